The quantitative estimate of drug-likeness (QED) is 0.410. The Kier molecular flexibility index (Phi) is 7.81. The predicted molar refractivity (Wildman–Crippen MR) is 127 cm³/mol. The number of rotatable bonds is 9. The van der Waals surface area contributed by atoms with Gasteiger partial charge in [-0.05, 0) is 35.7 Å². The van der Waals surface area contributed by atoms with Crippen LogP contribution in [0.1, 0.15) is 31.1 Å². The van der Waals surface area contributed by atoms with Crippen molar-refractivity contribution in [1.82, 2.24) is 5.32 Å². The zero-order valence-corrected chi connectivity index (χ0v) is 18.5. The minimum Gasteiger partial charge on any atom is -0.489 e. The van der Waals surface area contributed by atoms with Gasteiger partial charge in [-0.1, -0.05) is 44.2 Å². The molecule has 3 aromatic rings. The van der Waals surface area contributed by atoms with Crippen LogP contribution in [0.3, 0.4) is 0 Å². The lowest BCUT2D eigenvalue weighted by atomic mass is 10.0. The zero-order valence-electron chi connectivity index (χ0n) is 18.5. The zero-order chi connectivity index (χ0) is 23.1. The van der Waals surface area contributed by atoms with E-state index in [1.54, 1.807) is 30.3 Å². The van der Waals surface area contributed by atoms with Crippen LogP contribution in [0.4, 0.5) is 11.4 Å². The molecule has 0 saturated heterocycles. The molecule has 0 fully saturated rings. The Balaban J connectivity index is 1.81. The smallest absolute Gasteiger partial charge is 0.259 e. The fourth-order valence-corrected chi connectivity index (χ4v) is 3.23. The maximum absolute atomic E-state index is 13.1. The van der Waals surface area contributed by atoms with Crippen LogP contribution in [0.25, 0.3) is 10.8 Å². The molecule has 0 aromatic heterocycles. The van der Waals surface area contributed by atoms with Crippen molar-refractivity contribution < 1.29 is 19.4 Å². The molecule has 0 radical (unpaired) electrons. The molecule has 2 amide bonds. The van der Waals surface area contributed by atoms with Gasteiger partial charge in [0.2, 0.25) is 5.91 Å². The standard InChI is InChI=1S/C25H29N3O4/c1-16(2)26-14-21(30)15-32-24-22-7-5-4-6-18(22)8-13-23(24)25(31)28-20-11-9-19(10-12-20)27-17(3)29/h4-13,16,21,26,30H,14-15H2,1-3H3,(H,27,29)(H,28,31). The molecular formula is C25H29N3O4. The second kappa shape index (κ2) is 10.7. The summed E-state index contributed by atoms with van der Waals surface area (Å²) in [4.78, 5) is 24.2. The van der Waals surface area contributed by atoms with Gasteiger partial charge in [-0.2, -0.15) is 0 Å². The third-order valence-electron chi connectivity index (χ3n) is 4.77. The maximum Gasteiger partial charge on any atom is 0.259 e. The van der Waals surface area contributed by atoms with Gasteiger partial charge in [-0.25, -0.2) is 0 Å². The summed E-state index contributed by atoms with van der Waals surface area (Å²) in [7, 11) is 0. The van der Waals surface area contributed by atoms with E-state index in [1.807, 2.05) is 44.2 Å². The lowest BCUT2D eigenvalue weighted by Crippen LogP contribution is -2.35. The largest absolute Gasteiger partial charge is 0.489 e. The molecule has 0 aliphatic rings. The highest BCUT2D eigenvalue weighted by Gasteiger charge is 2.18. The van der Waals surface area contributed by atoms with E-state index in [4.69, 9.17) is 4.74 Å². The fourth-order valence-electron chi connectivity index (χ4n) is 3.23. The molecule has 4 N–H and O–H groups in total. The Bertz CT molecular complexity index is 1080. The molecule has 0 saturated carbocycles. The number of hydrogen-bond acceptors (Lipinski definition) is 5. The molecule has 0 aliphatic heterocycles. The first-order chi connectivity index (χ1) is 15.3. The Morgan fingerprint density at radius 1 is 0.938 bits per heavy atom. The number of aliphatic hydroxyl groups is 1. The van der Waals surface area contributed by atoms with Crippen molar-refractivity contribution in [2.45, 2.75) is 32.9 Å². The van der Waals surface area contributed by atoms with Crippen LogP contribution in [0, 0.1) is 0 Å². The number of amides is 2. The summed E-state index contributed by atoms with van der Waals surface area (Å²) < 4.78 is 5.97. The van der Waals surface area contributed by atoms with E-state index in [9.17, 15) is 14.7 Å². The van der Waals surface area contributed by atoms with Crippen LogP contribution in [0.2, 0.25) is 0 Å². The van der Waals surface area contributed by atoms with Gasteiger partial charge in [0.1, 0.15) is 18.5 Å². The third kappa shape index (κ3) is 6.29. The van der Waals surface area contributed by atoms with Crippen molar-refractivity contribution in [3.05, 3.63) is 66.2 Å². The number of fused-ring (bicyclic) bond motifs is 1. The van der Waals surface area contributed by atoms with Crippen molar-refractivity contribution in [1.29, 1.82) is 0 Å². The topological polar surface area (TPSA) is 99.7 Å². The average Bonchev–Trinajstić information content (AvgIpc) is 2.76. The summed E-state index contributed by atoms with van der Waals surface area (Å²) in [6.07, 6.45) is -0.714. The SMILES string of the molecule is CC(=O)Nc1ccc(NC(=O)c2ccc3ccccc3c2OCC(O)CNC(C)C)cc1. The first kappa shape index (κ1) is 23.2. The van der Waals surface area contributed by atoms with Crippen LogP contribution in [0.5, 0.6) is 5.75 Å². The Labute approximate surface area is 187 Å². The summed E-state index contributed by atoms with van der Waals surface area (Å²) in [6.45, 7) is 5.89. The monoisotopic (exact) mass is 435 g/mol. The molecule has 0 bridgehead atoms. The van der Waals surface area contributed by atoms with E-state index in [0.717, 1.165) is 10.8 Å². The molecule has 1 atom stereocenters. The molecule has 7 nitrogen and oxygen atoms in total. The molecular weight excluding hydrogens is 406 g/mol. The molecule has 168 valence electrons. The van der Waals surface area contributed by atoms with Crippen molar-refractivity contribution in [3.8, 4) is 5.75 Å². The van der Waals surface area contributed by atoms with Crippen molar-refractivity contribution in [2.24, 2.45) is 0 Å². The second-order valence-electron chi connectivity index (χ2n) is 7.90. The van der Waals surface area contributed by atoms with E-state index in [2.05, 4.69) is 16.0 Å². The lowest BCUT2D eigenvalue weighted by Gasteiger charge is -2.18. The predicted octanol–water partition coefficient (Wildman–Crippen LogP) is 3.79. The van der Waals surface area contributed by atoms with Crippen LogP contribution < -0.4 is 20.7 Å². The molecule has 0 heterocycles. The molecule has 0 aliphatic carbocycles. The second-order valence-corrected chi connectivity index (χ2v) is 7.90. The summed E-state index contributed by atoms with van der Waals surface area (Å²) in [5, 5.41) is 20.7. The van der Waals surface area contributed by atoms with E-state index in [0.29, 0.717) is 29.2 Å². The summed E-state index contributed by atoms with van der Waals surface area (Å²) >= 11 is 0. The van der Waals surface area contributed by atoms with Gasteiger partial charge in [-0.3, -0.25) is 9.59 Å². The average molecular weight is 436 g/mol. The molecule has 3 rings (SSSR count). The van der Waals surface area contributed by atoms with Gasteiger partial charge in [0, 0.05) is 36.3 Å². The van der Waals surface area contributed by atoms with Crippen molar-refractivity contribution in [3.63, 3.8) is 0 Å². The van der Waals surface area contributed by atoms with E-state index < -0.39 is 6.10 Å². The Morgan fingerprint density at radius 2 is 1.59 bits per heavy atom. The number of ether oxygens (including phenoxy) is 1. The van der Waals surface area contributed by atoms with Gasteiger partial charge in [0.15, 0.2) is 0 Å². The number of hydrogen-bond donors (Lipinski definition) is 4. The lowest BCUT2D eigenvalue weighted by molar-refractivity contribution is -0.114. The van der Waals surface area contributed by atoms with Gasteiger partial charge < -0.3 is 25.8 Å². The van der Waals surface area contributed by atoms with E-state index in [1.165, 1.54) is 6.92 Å². The van der Waals surface area contributed by atoms with E-state index >= 15 is 0 Å². The first-order valence-corrected chi connectivity index (χ1v) is 10.6. The number of benzene rings is 3. The number of carbonyl (C=O) groups is 2. The van der Waals surface area contributed by atoms with Gasteiger partial charge >= 0.3 is 0 Å². The molecule has 32 heavy (non-hydrogen) atoms. The fraction of sp³-hybridized carbons (Fsp3) is 0.280. The Hall–Kier alpha value is -3.42. The first-order valence-electron chi connectivity index (χ1n) is 10.6. The number of carbonyl (C=O) groups excluding carboxylic acids is 2. The Morgan fingerprint density at radius 3 is 2.25 bits per heavy atom. The highest BCUT2D eigenvalue weighted by Crippen LogP contribution is 2.31. The number of anilines is 2. The van der Waals surface area contributed by atoms with Crippen LogP contribution in [-0.4, -0.2) is 42.2 Å². The minimum atomic E-state index is -0.714. The van der Waals surface area contributed by atoms with Crippen molar-refractivity contribution in [2.75, 3.05) is 23.8 Å². The highest BCUT2D eigenvalue weighted by molar-refractivity contribution is 6.10. The van der Waals surface area contributed by atoms with Crippen LogP contribution in [0.15, 0.2) is 60.7 Å². The van der Waals surface area contributed by atoms with Gasteiger partial charge in [-0.15, -0.1) is 0 Å². The molecule has 7 heteroatoms. The molecule has 3 aromatic carbocycles. The maximum atomic E-state index is 13.1. The summed E-state index contributed by atoms with van der Waals surface area (Å²) in [5.74, 6) is -0.0580. The van der Waals surface area contributed by atoms with Crippen LogP contribution in [-0.2, 0) is 4.79 Å². The molecule has 0 spiro atoms. The summed E-state index contributed by atoms with van der Waals surface area (Å²) in [5.41, 5.74) is 1.61. The van der Waals surface area contributed by atoms with Gasteiger partial charge in [0.25, 0.3) is 5.91 Å². The highest BCUT2D eigenvalue weighted by atomic mass is 16.5. The van der Waals surface area contributed by atoms with Crippen molar-refractivity contribution >= 4 is 34.0 Å². The van der Waals surface area contributed by atoms with E-state index in [-0.39, 0.29) is 24.5 Å². The minimum absolute atomic E-state index is 0.0550. The number of nitrogens with one attached hydrogen (secondary N) is 3. The molecule has 1 unspecified atom stereocenters. The van der Waals surface area contributed by atoms with Crippen LogP contribution >= 0.6 is 0 Å². The normalized spacial score (nSPS) is 11.9. The number of aliphatic hydroxyl groups excluding tert-OH is 1. The van der Waals surface area contributed by atoms with Gasteiger partial charge in [0.05, 0.1) is 5.56 Å². The third-order valence-corrected chi connectivity index (χ3v) is 4.77. The summed E-state index contributed by atoms with van der Waals surface area (Å²) in [6, 6.07) is 18.3.